The molecule has 2 aromatic rings. The zero-order chi connectivity index (χ0) is 12.1. The molecule has 1 unspecified atom stereocenters. The Morgan fingerprint density at radius 1 is 1.24 bits per heavy atom. The summed E-state index contributed by atoms with van der Waals surface area (Å²) in [5, 5.41) is 0. The van der Waals surface area contributed by atoms with Gasteiger partial charge in [-0.2, -0.15) is 0 Å². The van der Waals surface area contributed by atoms with E-state index in [0.717, 1.165) is 16.6 Å². The number of halogens is 1. The minimum Gasteiger partial charge on any atom is -0.271 e. The highest BCUT2D eigenvalue weighted by atomic mass is 79.9. The Bertz CT molecular complexity index is 473. The molecule has 0 saturated heterocycles. The van der Waals surface area contributed by atoms with Gasteiger partial charge in [0.15, 0.2) is 0 Å². The Kier molecular flexibility index (Phi) is 4.25. The third kappa shape index (κ3) is 3.36. The molecule has 4 heteroatoms. The van der Waals surface area contributed by atoms with E-state index in [1.807, 2.05) is 30.3 Å². The summed E-state index contributed by atoms with van der Waals surface area (Å²) >= 11 is 3.46. The average Bonchev–Trinajstić information content (AvgIpc) is 2.37. The minimum atomic E-state index is 0.0329. The molecule has 1 atom stereocenters. The lowest BCUT2D eigenvalue weighted by atomic mass is 10.0. The van der Waals surface area contributed by atoms with Gasteiger partial charge in [0.05, 0.1) is 11.7 Å². The summed E-state index contributed by atoms with van der Waals surface area (Å²) in [6.45, 7) is 0. The number of nitrogens with one attached hydrogen (secondary N) is 1. The van der Waals surface area contributed by atoms with Crippen molar-refractivity contribution < 1.29 is 0 Å². The Hall–Kier alpha value is -1.23. The van der Waals surface area contributed by atoms with E-state index in [9.17, 15) is 0 Å². The second kappa shape index (κ2) is 5.91. The molecule has 17 heavy (non-hydrogen) atoms. The monoisotopic (exact) mass is 291 g/mol. The molecule has 0 fully saturated rings. The zero-order valence-corrected chi connectivity index (χ0v) is 10.9. The van der Waals surface area contributed by atoms with Gasteiger partial charge in [-0.15, -0.1) is 0 Å². The van der Waals surface area contributed by atoms with E-state index < -0.39 is 0 Å². The largest absolute Gasteiger partial charge is 0.271 e. The fourth-order valence-electron chi connectivity index (χ4n) is 1.73. The number of nitrogens with two attached hydrogens (primary N) is 1. The van der Waals surface area contributed by atoms with Crippen LogP contribution in [0.25, 0.3) is 0 Å². The van der Waals surface area contributed by atoms with Gasteiger partial charge in [-0.05, 0) is 36.2 Å². The van der Waals surface area contributed by atoms with Crippen LogP contribution in [-0.4, -0.2) is 4.98 Å². The molecule has 2 rings (SSSR count). The first-order valence-corrected chi connectivity index (χ1v) is 6.20. The second-order valence-electron chi connectivity index (χ2n) is 3.81. The molecule has 1 aromatic carbocycles. The van der Waals surface area contributed by atoms with Crippen LogP contribution in [0.1, 0.15) is 17.3 Å². The van der Waals surface area contributed by atoms with E-state index >= 15 is 0 Å². The Labute approximate surface area is 109 Å². The lowest BCUT2D eigenvalue weighted by Gasteiger charge is -2.15. The van der Waals surface area contributed by atoms with Crippen molar-refractivity contribution in [3.05, 3.63) is 64.4 Å². The highest BCUT2D eigenvalue weighted by Gasteiger charge is 2.11. The smallest absolute Gasteiger partial charge is 0.0672 e. The highest BCUT2D eigenvalue weighted by molar-refractivity contribution is 9.10. The predicted molar refractivity (Wildman–Crippen MR) is 72.1 cm³/mol. The van der Waals surface area contributed by atoms with Crippen molar-refractivity contribution in [3.8, 4) is 0 Å². The quantitative estimate of drug-likeness (QED) is 0.672. The maximum atomic E-state index is 5.59. The molecule has 0 aliphatic heterocycles. The number of hydrazine groups is 1. The van der Waals surface area contributed by atoms with Crippen LogP contribution in [0.2, 0.25) is 0 Å². The first-order valence-electron chi connectivity index (χ1n) is 5.41. The van der Waals surface area contributed by atoms with Crippen LogP contribution in [0.5, 0.6) is 0 Å². The summed E-state index contributed by atoms with van der Waals surface area (Å²) < 4.78 is 1.08. The number of hydrogen-bond donors (Lipinski definition) is 2. The maximum Gasteiger partial charge on any atom is 0.0672 e. The molecule has 3 N–H and O–H groups in total. The number of pyridine rings is 1. The van der Waals surface area contributed by atoms with E-state index in [1.54, 1.807) is 6.20 Å². The standard InChI is InChI=1S/C13H14BrN3/c14-11-5-3-4-10(8-11)9-13(17-15)12-6-1-2-7-16-12/h1-8,13,17H,9,15H2. The number of aromatic nitrogens is 1. The molecule has 1 aromatic heterocycles. The van der Waals surface area contributed by atoms with E-state index in [-0.39, 0.29) is 6.04 Å². The Morgan fingerprint density at radius 2 is 2.12 bits per heavy atom. The molecule has 0 radical (unpaired) electrons. The molecular weight excluding hydrogens is 278 g/mol. The predicted octanol–water partition coefficient (Wildman–Crippen LogP) is 2.59. The molecule has 0 aliphatic carbocycles. The van der Waals surface area contributed by atoms with Crippen molar-refractivity contribution in [2.75, 3.05) is 0 Å². The summed E-state index contributed by atoms with van der Waals surface area (Å²) in [6.07, 6.45) is 2.59. The third-order valence-corrected chi connectivity index (χ3v) is 3.07. The SMILES string of the molecule is NNC(Cc1cccc(Br)c1)c1ccccn1. The van der Waals surface area contributed by atoms with Crippen molar-refractivity contribution in [1.29, 1.82) is 0 Å². The summed E-state index contributed by atoms with van der Waals surface area (Å²) in [6, 6.07) is 14.1. The summed E-state index contributed by atoms with van der Waals surface area (Å²) in [5.41, 5.74) is 4.98. The van der Waals surface area contributed by atoms with Gasteiger partial charge in [0.1, 0.15) is 0 Å². The highest BCUT2D eigenvalue weighted by Crippen LogP contribution is 2.18. The van der Waals surface area contributed by atoms with Gasteiger partial charge in [0.2, 0.25) is 0 Å². The molecule has 0 spiro atoms. The number of benzene rings is 1. The fraction of sp³-hybridized carbons (Fsp3) is 0.154. The zero-order valence-electron chi connectivity index (χ0n) is 9.31. The number of nitrogens with zero attached hydrogens (tertiary/aromatic N) is 1. The van der Waals surface area contributed by atoms with Crippen molar-refractivity contribution in [1.82, 2.24) is 10.4 Å². The van der Waals surface area contributed by atoms with Crippen molar-refractivity contribution >= 4 is 15.9 Å². The van der Waals surface area contributed by atoms with Crippen LogP contribution in [0, 0.1) is 0 Å². The van der Waals surface area contributed by atoms with Crippen LogP contribution in [0.4, 0.5) is 0 Å². The molecule has 3 nitrogen and oxygen atoms in total. The fourth-order valence-corrected chi connectivity index (χ4v) is 2.18. The van der Waals surface area contributed by atoms with Crippen LogP contribution < -0.4 is 11.3 Å². The number of hydrogen-bond acceptors (Lipinski definition) is 3. The second-order valence-corrected chi connectivity index (χ2v) is 4.72. The maximum absolute atomic E-state index is 5.59. The van der Waals surface area contributed by atoms with Gasteiger partial charge in [-0.25, -0.2) is 0 Å². The lowest BCUT2D eigenvalue weighted by Crippen LogP contribution is -2.30. The third-order valence-electron chi connectivity index (χ3n) is 2.57. The van der Waals surface area contributed by atoms with Gasteiger partial charge in [-0.1, -0.05) is 34.1 Å². The lowest BCUT2D eigenvalue weighted by molar-refractivity contribution is 0.538. The Morgan fingerprint density at radius 3 is 2.76 bits per heavy atom. The average molecular weight is 292 g/mol. The molecule has 1 heterocycles. The van der Waals surface area contributed by atoms with Crippen LogP contribution in [0.15, 0.2) is 53.1 Å². The van der Waals surface area contributed by atoms with Crippen LogP contribution >= 0.6 is 15.9 Å². The molecule has 88 valence electrons. The topological polar surface area (TPSA) is 50.9 Å². The van der Waals surface area contributed by atoms with E-state index in [4.69, 9.17) is 5.84 Å². The van der Waals surface area contributed by atoms with Crippen molar-refractivity contribution in [2.24, 2.45) is 5.84 Å². The summed E-state index contributed by atoms with van der Waals surface area (Å²) in [7, 11) is 0. The number of rotatable bonds is 4. The van der Waals surface area contributed by atoms with E-state index in [2.05, 4.69) is 38.5 Å². The van der Waals surface area contributed by atoms with Crippen LogP contribution in [0.3, 0.4) is 0 Å². The normalized spacial score (nSPS) is 12.4. The molecule has 0 amide bonds. The van der Waals surface area contributed by atoms with Gasteiger partial charge in [0.25, 0.3) is 0 Å². The van der Waals surface area contributed by atoms with Crippen molar-refractivity contribution in [3.63, 3.8) is 0 Å². The van der Waals surface area contributed by atoms with E-state index in [1.165, 1.54) is 5.56 Å². The van der Waals surface area contributed by atoms with Gasteiger partial charge in [0, 0.05) is 10.7 Å². The molecule has 0 bridgehead atoms. The van der Waals surface area contributed by atoms with Gasteiger partial charge < -0.3 is 0 Å². The molecule has 0 aliphatic rings. The summed E-state index contributed by atoms with van der Waals surface area (Å²) in [5.74, 6) is 5.59. The molecule has 0 saturated carbocycles. The minimum absolute atomic E-state index is 0.0329. The molecular formula is C13H14BrN3. The van der Waals surface area contributed by atoms with Gasteiger partial charge >= 0.3 is 0 Å². The van der Waals surface area contributed by atoms with E-state index in [0.29, 0.717) is 0 Å². The van der Waals surface area contributed by atoms with Crippen molar-refractivity contribution in [2.45, 2.75) is 12.5 Å². The van der Waals surface area contributed by atoms with Crippen LogP contribution in [-0.2, 0) is 6.42 Å². The first kappa shape index (κ1) is 12.2. The first-order chi connectivity index (χ1) is 8.29. The summed E-state index contributed by atoms with van der Waals surface area (Å²) in [4.78, 5) is 4.31. The Balaban J connectivity index is 2.16. The van der Waals surface area contributed by atoms with Gasteiger partial charge in [-0.3, -0.25) is 16.3 Å².